The second-order valence-corrected chi connectivity index (χ2v) is 6.61. The first-order valence-corrected chi connectivity index (χ1v) is 8.65. The zero-order chi connectivity index (χ0) is 20.5. The molecular formula is C18H15ClF4N4O. The van der Waals surface area contributed by atoms with Crippen molar-refractivity contribution in [2.75, 3.05) is 16.8 Å². The van der Waals surface area contributed by atoms with E-state index in [-0.39, 0.29) is 16.4 Å². The van der Waals surface area contributed by atoms with E-state index in [1.165, 1.54) is 12.3 Å². The van der Waals surface area contributed by atoms with Crippen LogP contribution in [0.4, 0.5) is 29.2 Å². The zero-order valence-corrected chi connectivity index (χ0v) is 15.2. The van der Waals surface area contributed by atoms with Gasteiger partial charge in [-0.3, -0.25) is 4.79 Å². The third-order valence-electron chi connectivity index (χ3n) is 4.30. The Bertz CT molecular complexity index is 901. The lowest BCUT2D eigenvalue weighted by molar-refractivity contribution is -0.137. The van der Waals surface area contributed by atoms with E-state index < -0.39 is 29.5 Å². The first-order chi connectivity index (χ1) is 13.2. The lowest BCUT2D eigenvalue weighted by atomic mass is 10.2. The molecular weight excluding hydrogens is 400 g/mol. The molecule has 10 heteroatoms. The molecule has 2 aromatic heterocycles. The van der Waals surface area contributed by atoms with Crippen molar-refractivity contribution in [3.8, 4) is 0 Å². The normalized spacial score (nSPS) is 16.9. The molecule has 28 heavy (non-hydrogen) atoms. The smallest absolute Gasteiger partial charge is 0.343 e. The van der Waals surface area contributed by atoms with Crippen molar-refractivity contribution in [1.29, 1.82) is 0 Å². The highest BCUT2D eigenvalue weighted by Gasteiger charge is 2.34. The summed E-state index contributed by atoms with van der Waals surface area (Å²) in [4.78, 5) is 22.1. The molecule has 1 amide bonds. The molecule has 0 aromatic carbocycles. The minimum Gasteiger partial charge on any atom is -0.343 e. The van der Waals surface area contributed by atoms with Crippen LogP contribution < -0.4 is 10.2 Å². The van der Waals surface area contributed by atoms with E-state index in [9.17, 15) is 22.4 Å². The van der Waals surface area contributed by atoms with Gasteiger partial charge in [-0.05, 0) is 31.0 Å². The Labute approximate surface area is 163 Å². The number of anilines is 2. The third-order valence-corrected chi connectivity index (χ3v) is 4.58. The largest absolute Gasteiger partial charge is 0.417 e. The van der Waals surface area contributed by atoms with Crippen molar-refractivity contribution in [2.45, 2.75) is 25.1 Å². The van der Waals surface area contributed by atoms with Gasteiger partial charge in [-0.1, -0.05) is 18.2 Å². The summed E-state index contributed by atoms with van der Waals surface area (Å²) >= 11 is 6.18. The lowest BCUT2D eigenvalue weighted by Crippen LogP contribution is -2.40. The van der Waals surface area contributed by atoms with Gasteiger partial charge in [0.1, 0.15) is 23.5 Å². The second kappa shape index (κ2) is 7.75. The Morgan fingerprint density at radius 1 is 1.29 bits per heavy atom. The Kier molecular flexibility index (Phi) is 5.55. The molecule has 1 saturated heterocycles. The van der Waals surface area contributed by atoms with Crippen LogP contribution >= 0.6 is 11.6 Å². The van der Waals surface area contributed by atoms with Crippen LogP contribution in [0.2, 0.25) is 5.02 Å². The number of amides is 1. The number of alkyl halides is 3. The van der Waals surface area contributed by atoms with Gasteiger partial charge in [0.15, 0.2) is 0 Å². The fourth-order valence-corrected chi connectivity index (χ4v) is 3.20. The zero-order valence-electron chi connectivity index (χ0n) is 14.4. The predicted molar refractivity (Wildman–Crippen MR) is 97.6 cm³/mol. The maximum absolute atomic E-state index is 13.2. The number of carbonyl (C=O) groups excluding carboxylic acids is 1. The van der Waals surface area contributed by atoms with Gasteiger partial charge in [0.2, 0.25) is 5.91 Å². The number of nitrogens with zero attached hydrogens (tertiary/aromatic N) is 3. The number of rotatable bonds is 4. The summed E-state index contributed by atoms with van der Waals surface area (Å²) in [6, 6.07) is 2.67. The molecule has 0 radical (unpaired) electrons. The van der Waals surface area contributed by atoms with E-state index in [2.05, 4.69) is 21.9 Å². The predicted octanol–water partition coefficient (Wildman–Crippen LogP) is 4.70. The number of carbonyl (C=O) groups is 1. The maximum Gasteiger partial charge on any atom is 0.417 e. The molecule has 1 aliphatic heterocycles. The molecule has 1 fully saturated rings. The number of halogens is 5. The van der Waals surface area contributed by atoms with Gasteiger partial charge >= 0.3 is 6.18 Å². The molecule has 0 saturated carbocycles. The molecule has 1 N–H and O–H groups in total. The summed E-state index contributed by atoms with van der Waals surface area (Å²) in [6.45, 7) is 3.69. The average molecular weight is 415 g/mol. The van der Waals surface area contributed by atoms with E-state index in [4.69, 9.17) is 11.6 Å². The van der Waals surface area contributed by atoms with Gasteiger partial charge in [0.05, 0.1) is 10.6 Å². The molecule has 3 rings (SSSR count). The van der Waals surface area contributed by atoms with E-state index in [1.807, 2.05) is 0 Å². The highest BCUT2D eigenvalue weighted by atomic mass is 35.5. The maximum atomic E-state index is 13.2. The van der Waals surface area contributed by atoms with E-state index >= 15 is 0 Å². The summed E-state index contributed by atoms with van der Waals surface area (Å²) in [5.74, 6) is -0.788. The van der Waals surface area contributed by atoms with Crippen LogP contribution in [0, 0.1) is 0 Å². The Morgan fingerprint density at radius 3 is 2.61 bits per heavy atom. The first-order valence-electron chi connectivity index (χ1n) is 8.28. The van der Waals surface area contributed by atoms with Crippen LogP contribution in [-0.4, -0.2) is 28.5 Å². The minimum atomic E-state index is -4.50. The summed E-state index contributed by atoms with van der Waals surface area (Å²) in [5.41, 5.74) is -0.763. The fraction of sp³-hybridized carbons (Fsp3) is 0.278. The summed E-state index contributed by atoms with van der Waals surface area (Å²) in [6.07, 6.45) is -1.38. The van der Waals surface area contributed by atoms with Crippen LogP contribution in [0.1, 0.15) is 24.0 Å². The molecule has 0 bridgehead atoms. The second-order valence-electron chi connectivity index (χ2n) is 6.20. The van der Waals surface area contributed by atoms with Crippen molar-refractivity contribution in [1.82, 2.24) is 9.97 Å². The fourth-order valence-electron chi connectivity index (χ4n) is 2.93. The summed E-state index contributed by atoms with van der Waals surface area (Å²) in [5, 5.41) is 2.68. The Hall–Kier alpha value is -2.68. The molecule has 1 aliphatic rings. The number of hydrogen-bond acceptors (Lipinski definition) is 4. The van der Waals surface area contributed by atoms with Crippen molar-refractivity contribution < 1.29 is 22.4 Å². The third kappa shape index (κ3) is 4.24. The molecule has 2 aromatic rings. The standard InChI is InChI=1S/C18H15ClF4N4O/c1-10(20)11-7-13(19)16(25-8-11)27-6-2-3-14(27)17(28)26-15-5-4-12(9-24-15)18(21,22)23/h4-5,7-9,14H,1-3,6H2,(H,24,26,28). The monoisotopic (exact) mass is 414 g/mol. The Morgan fingerprint density at radius 2 is 2.04 bits per heavy atom. The van der Waals surface area contributed by atoms with Crippen LogP contribution in [0.15, 0.2) is 37.2 Å². The van der Waals surface area contributed by atoms with Crippen LogP contribution in [0.3, 0.4) is 0 Å². The minimum absolute atomic E-state index is 0.00739. The summed E-state index contributed by atoms with van der Waals surface area (Å²) in [7, 11) is 0. The number of nitrogens with one attached hydrogen (secondary N) is 1. The first kappa shape index (κ1) is 20.1. The van der Waals surface area contributed by atoms with Gasteiger partial charge in [0.25, 0.3) is 0 Å². The topological polar surface area (TPSA) is 58.1 Å². The van der Waals surface area contributed by atoms with E-state index in [0.29, 0.717) is 31.4 Å². The molecule has 148 valence electrons. The molecule has 1 unspecified atom stereocenters. The van der Waals surface area contributed by atoms with Crippen LogP contribution in [0.25, 0.3) is 5.83 Å². The molecule has 1 atom stereocenters. The van der Waals surface area contributed by atoms with Crippen molar-refractivity contribution >= 4 is 35.0 Å². The van der Waals surface area contributed by atoms with E-state index in [0.717, 1.165) is 12.1 Å². The lowest BCUT2D eigenvalue weighted by Gasteiger charge is -2.25. The van der Waals surface area contributed by atoms with Crippen LogP contribution in [-0.2, 0) is 11.0 Å². The van der Waals surface area contributed by atoms with Gasteiger partial charge in [-0.25, -0.2) is 14.4 Å². The quantitative estimate of drug-likeness (QED) is 0.737. The molecule has 0 spiro atoms. The molecule has 3 heterocycles. The van der Waals surface area contributed by atoms with Crippen molar-refractivity contribution in [2.24, 2.45) is 0 Å². The van der Waals surface area contributed by atoms with Crippen molar-refractivity contribution in [3.05, 3.63) is 53.3 Å². The molecule has 5 nitrogen and oxygen atoms in total. The van der Waals surface area contributed by atoms with Gasteiger partial charge in [0, 0.05) is 24.5 Å². The molecule has 0 aliphatic carbocycles. The highest BCUT2D eigenvalue weighted by molar-refractivity contribution is 6.33. The Balaban J connectivity index is 1.75. The van der Waals surface area contributed by atoms with Gasteiger partial charge < -0.3 is 10.2 Å². The number of pyridine rings is 2. The number of hydrogen-bond donors (Lipinski definition) is 1. The van der Waals surface area contributed by atoms with Crippen LogP contribution in [0.5, 0.6) is 0 Å². The highest BCUT2D eigenvalue weighted by Crippen LogP contribution is 2.32. The van der Waals surface area contributed by atoms with Gasteiger partial charge in [-0.2, -0.15) is 13.2 Å². The summed E-state index contributed by atoms with van der Waals surface area (Å²) < 4.78 is 51.0. The van der Waals surface area contributed by atoms with Crippen molar-refractivity contribution in [3.63, 3.8) is 0 Å². The average Bonchev–Trinajstić information content (AvgIpc) is 3.10. The number of aromatic nitrogens is 2. The van der Waals surface area contributed by atoms with E-state index in [1.54, 1.807) is 4.90 Å². The van der Waals surface area contributed by atoms with Gasteiger partial charge in [-0.15, -0.1) is 0 Å². The SMILES string of the molecule is C=C(F)c1cnc(N2CCCC2C(=O)Nc2ccc(C(F)(F)F)cn2)c(Cl)c1.